The van der Waals surface area contributed by atoms with Crippen LogP contribution in [-0.4, -0.2) is 74.2 Å². The third kappa shape index (κ3) is 6.96. The van der Waals surface area contributed by atoms with Crippen LogP contribution in [0.4, 0.5) is 23.7 Å². The molecule has 0 N–H and O–H groups in total. The molecule has 0 spiro atoms. The predicted molar refractivity (Wildman–Crippen MR) is 136 cm³/mol. The first kappa shape index (κ1) is 30.0. The number of nitrogens with zero attached hydrogens (tertiary/aromatic N) is 5. The van der Waals surface area contributed by atoms with Gasteiger partial charge in [0.25, 0.3) is 0 Å². The van der Waals surface area contributed by atoms with E-state index in [1.54, 1.807) is 34.6 Å². The molecule has 0 aromatic carbocycles. The van der Waals surface area contributed by atoms with Crippen molar-refractivity contribution in [2.45, 2.75) is 51.3 Å². The smallest absolute Gasteiger partial charge is 0.431 e. The van der Waals surface area contributed by atoms with E-state index in [4.69, 9.17) is 4.74 Å². The van der Waals surface area contributed by atoms with E-state index in [0.29, 0.717) is 12.0 Å². The third-order valence-electron chi connectivity index (χ3n) is 5.34. The van der Waals surface area contributed by atoms with E-state index in [9.17, 15) is 27.0 Å². The number of aldehydes is 1. The van der Waals surface area contributed by atoms with Gasteiger partial charge in [-0.2, -0.15) is 13.2 Å². The van der Waals surface area contributed by atoms with Crippen LogP contribution < -0.4 is 4.90 Å². The van der Waals surface area contributed by atoms with Crippen LogP contribution in [0.15, 0.2) is 22.9 Å². The molecule has 2 aromatic rings. The van der Waals surface area contributed by atoms with Gasteiger partial charge >= 0.3 is 12.3 Å². The number of carbonyl (C=O) groups is 2. The number of aromatic nitrogens is 3. The van der Waals surface area contributed by atoms with Gasteiger partial charge in [-0.05, 0) is 39.8 Å². The predicted octanol–water partition coefficient (Wildman–Crippen LogP) is 4.65. The van der Waals surface area contributed by atoms with Gasteiger partial charge in [0.15, 0.2) is 12.1 Å². The minimum absolute atomic E-state index is 0.0531. The first-order chi connectivity index (χ1) is 17.0. The van der Waals surface area contributed by atoms with E-state index >= 15 is 0 Å². The van der Waals surface area contributed by atoms with Gasteiger partial charge in [0.2, 0.25) is 0 Å². The Morgan fingerprint density at radius 1 is 1.22 bits per heavy atom. The number of anilines is 1. The maximum absolute atomic E-state index is 13.7. The van der Waals surface area contributed by atoms with E-state index in [-0.39, 0.29) is 40.1 Å². The van der Waals surface area contributed by atoms with Crippen molar-refractivity contribution < 1.29 is 31.7 Å². The highest BCUT2D eigenvalue weighted by atomic mass is 32.2. The SMILES string of the molecule is CCN(C)/C(=C\c1nc(-c2ncc(N(C)C(=O)OC(C)(C)C)cc2S(=O)CC)n(C)c1C=O)C(F)(F)F. The summed E-state index contributed by atoms with van der Waals surface area (Å²) in [4.78, 5) is 35.4. The van der Waals surface area contributed by atoms with E-state index in [1.807, 2.05) is 0 Å². The molecule has 204 valence electrons. The first-order valence-electron chi connectivity index (χ1n) is 11.4. The van der Waals surface area contributed by atoms with Gasteiger partial charge in [-0.3, -0.25) is 13.9 Å². The van der Waals surface area contributed by atoms with Crippen LogP contribution in [0.3, 0.4) is 0 Å². The number of amides is 1. The number of halogens is 3. The Bertz CT molecular complexity index is 1220. The summed E-state index contributed by atoms with van der Waals surface area (Å²) in [7, 11) is 2.63. The Labute approximate surface area is 216 Å². The van der Waals surface area contributed by atoms with Crippen LogP contribution in [0.1, 0.15) is 50.8 Å². The average Bonchev–Trinajstić information content (AvgIpc) is 3.13. The molecule has 37 heavy (non-hydrogen) atoms. The van der Waals surface area contributed by atoms with Gasteiger partial charge in [0.05, 0.1) is 33.3 Å². The van der Waals surface area contributed by atoms with Crippen LogP contribution in [0.25, 0.3) is 17.6 Å². The van der Waals surface area contributed by atoms with Crippen LogP contribution in [0.2, 0.25) is 0 Å². The van der Waals surface area contributed by atoms with Crippen molar-refractivity contribution in [3.05, 3.63) is 29.3 Å². The second kappa shape index (κ2) is 11.4. The molecule has 0 aliphatic carbocycles. The van der Waals surface area contributed by atoms with E-state index in [1.165, 1.54) is 42.9 Å². The number of pyridine rings is 1. The molecule has 9 nitrogen and oxygen atoms in total. The van der Waals surface area contributed by atoms with Gasteiger partial charge < -0.3 is 14.2 Å². The maximum atomic E-state index is 13.7. The van der Waals surface area contributed by atoms with Crippen LogP contribution in [0, 0.1) is 0 Å². The lowest BCUT2D eigenvalue weighted by Crippen LogP contribution is -2.34. The molecular formula is C24H32F3N5O4S. The lowest BCUT2D eigenvalue weighted by Gasteiger charge is -2.25. The topological polar surface area (TPSA) is 97.6 Å². The second-order valence-corrected chi connectivity index (χ2v) is 10.8. The number of imidazole rings is 1. The molecule has 1 amide bonds. The number of carbonyl (C=O) groups excluding carboxylic acids is 2. The van der Waals surface area contributed by atoms with Gasteiger partial charge in [0, 0.05) is 33.4 Å². The van der Waals surface area contributed by atoms with Crippen molar-refractivity contribution in [3.8, 4) is 11.5 Å². The normalized spacial score (nSPS) is 13.3. The molecule has 2 rings (SSSR count). The average molecular weight is 544 g/mol. The summed E-state index contributed by atoms with van der Waals surface area (Å²) in [5.74, 6) is 0.253. The Morgan fingerprint density at radius 2 is 1.84 bits per heavy atom. The number of alkyl halides is 3. The van der Waals surface area contributed by atoms with Gasteiger partial charge in [0.1, 0.15) is 22.7 Å². The molecule has 0 aliphatic rings. The van der Waals surface area contributed by atoms with Crippen molar-refractivity contribution in [3.63, 3.8) is 0 Å². The quantitative estimate of drug-likeness (QED) is 0.447. The maximum Gasteiger partial charge on any atom is 0.431 e. The fourth-order valence-corrected chi connectivity index (χ4v) is 4.17. The van der Waals surface area contributed by atoms with Crippen LogP contribution in [-0.2, 0) is 22.6 Å². The summed E-state index contributed by atoms with van der Waals surface area (Å²) in [6.45, 7) is 8.49. The van der Waals surface area contributed by atoms with Gasteiger partial charge in [-0.15, -0.1) is 0 Å². The highest BCUT2D eigenvalue weighted by molar-refractivity contribution is 7.85. The molecule has 2 heterocycles. The Balaban J connectivity index is 2.71. The van der Waals surface area contributed by atoms with Crippen molar-refractivity contribution in [1.82, 2.24) is 19.4 Å². The van der Waals surface area contributed by atoms with Crippen LogP contribution in [0.5, 0.6) is 0 Å². The molecule has 0 saturated heterocycles. The van der Waals surface area contributed by atoms with Gasteiger partial charge in [-0.25, -0.2) is 14.8 Å². The van der Waals surface area contributed by atoms with Crippen molar-refractivity contribution in [1.29, 1.82) is 0 Å². The summed E-state index contributed by atoms with van der Waals surface area (Å²) in [6.07, 6.45) is -2.78. The molecule has 0 bridgehead atoms. The van der Waals surface area contributed by atoms with E-state index in [2.05, 4.69) is 9.97 Å². The molecular weight excluding hydrogens is 511 g/mol. The van der Waals surface area contributed by atoms with Crippen LogP contribution >= 0.6 is 0 Å². The Kier molecular flexibility index (Phi) is 9.28. The zero-order valence-corrected chi connectivity index (χ0v) is 23.0. The van der Waals surface area contributed by atoms with Crippen molar-refractivity contribution in [2.24, 2.45) is 7.05 Å². The number of ether oxygens (including phenoxy) is 1. The minimum atomic E-state index is -4.68. The molecule has 13 heteroatoms. The molecule has 2 aromatic heterocycles. The summed E-state index contributed by atoms with van der Waals surface area (Å²) in [5.41, 5.74) is -1.61. The summed E-state index contributed by atoms with van der Waals surface area (Å²) >= 11 is 0. The molecule has 0 aliphatic heterocycles. The largest absolute Gasteiger partial charge is 0.443 e. The molecule has 0 fully saturated rings. The highest BCUT2D eigenvalue weighted by Gasteiger charge is 2.37. The second-order valence-electron chi connectivity index (χ2n) is 9.14. The number of hydrogen-bond donors (Lipinski definition) is 0. The summed E-state index contributed by atoms with van der Waals surface area (Å²) in [6, 6.07) is 1.49. The van der Waals surface area contributed by atoms with Crippen molar-refractivity contribution >= 4 is 34.9 Å². The standard InChI is InChI=1S/C24H32F3N5O4S/c1-9-30(6)19(24(25,26)27)12-16-17(14-33)32(8)21(29-16)20-18(37(35)10-2)11-15(13-28-20)31(7)22(34)36-23(3,4)5/h11-14H,9-10H2,1-8H3/b19-12-. The Hall–Kier alpha value is -3.22. The molecule has 0 saturated carbocycles. The first-order valence-corrected chi connectivity index (χ1v) is 12.7. The minimum Gasteiger partial charge on any atom is -0.443 e. The monoisotopic (exact) mass is 543 g/mol. The lowest BCUT2D eigenvalue weighted by molar-refractivity contribution is -0.108. The van der Waals surface area contributed by atoms with Crippen molar-refractivity contribution in [2.75, 3.05) is 31.3 Å². The fourth-order valence-electron chi connectivity index (χ4n) is 3.25. The number of allylic oxidation sites excluding steroid dienone is 1. The number of hydrogen-bond acceptors (Lipinski definition) is 7. The third-order valence-corrected chi connectivity index (χ3v) is 6.67. The summed E-state index contributed by atoms with van der Waals surface area (Å²) < 4.78 is 60.7. The molecule has 1 atom stereocenters. The zero-order valence-electron chi connectivity index (χ0n) is 22.1. The lowest BCUT2D eigenvalue weighted by atomic mass is 10.2. The fraction of sp³-hybridized carbons (Fsp3) is 0.500. The number of rotatable bonds is 8. The molecule has 1 unspecified atom stereocenters. The highest BCUT2D eigenvalue weighted by Crippen LogP contribution is 2.33. The zero-order chi connectivity index (χ0) is 28.3. The summed E-state index contributed by atoms with van der Waals surface area (Å²) in [5, 5.41) is 0. The Morgan fingerprint density at radius 3 is 2.32 bits per heavy atom. The molecule has 0 radical (unpaired) electrons. The van der Waals surface area contributed by atoms with E-state index < -0.39 is 34.4 Å². The van der Waals surface area contributed by atoms with E-state index in [0.717, 1.165) is 11.0 Å². The van der Waals surface area contributed by atoms with Gasteiger partial charge in [-0.1, -0.05) is 6.92 Å².